The highest BCUT2D eigenvalue weighted by Crippen LogP contribution is 2.36. The zero-order valence-corrected chi connectivity index (χ0v) is 13.1. The molecule has 2 nitrogen and oxygen atoms in total. The molecule has 0 aromatic heterocycles. The van der Waals surface area contributed by atoms with Gasteiger partial charge >= 0.3 is 0 Å². The van der Waals surface area contributed by atoms with Crippen LogP contribution in [-0.4, -0.2) is 30.3 Å². The molecule has 0 bridgehead atoms. The maximum absolute atomic E-state index is 12.2. The largest absolute Gasteiger partial charge is 0.302 e. The standard InChI is InChI=1S/C18H27NO/c1-4-18(5-2)11-13-19(14-18)12-10-17(20)16-8-6-15(3)7-9-16/h6-9H,4-5,10-14H2,1-3H3. The zero-order valence-electron chi connectivity index (χ0n) is 13.1. The normalized spacial score (nSPS) is 18.4. The van der Waals surface area contributed by atoms with Crippen molar-refractivity contribution in [3.8, 4) is 0 Å². The second kappa shape index (κ2) is 6.53. The van der Waals surface area contributed by atoms with Crippen LogP contribution in [0.15, 0.2) is 24.3 Å². The molecule has 1 heterocycles. The number of aryl methyl sites for hydroxylation is 1. The third-order valence-corrected chi connectivity index (χ3v) is 5.05. The molecule has 1 aromatic rings. The third-order valence-electron chi connectivity index (χ3n) is 5.05. The van der Waals surface area contributed by atoms with Crippen molar-refractivity contribution >= 4 is 5.78 Å². The molecule has 2 heteroatoms. The van der Waals surface area contributed by atoms with Crippen molar-refractivity contribution in [1.29, 1.82) is 0 Å². The van der Waals surface area contributed by atoms with Gasteiger partial charge in [0, 0.05) is 25.1 Å². The number of likely N-dealkylation sites (tertiary alicyclic amines) is 1. The van der Waals surface area contributed by atoms with E-state index >= 15 is 0 Å². The maximum Gasteiger partial charge on any atom is 0.164 e. The zero-order chi connectivity index (χ0) is 14.6. The fourth-order valence-electron chi connectivity index (χ4n) is 3.19. The Morgan fingerprint density at radius 1 is 1.20 bits per heavy atom. The van der Waals surface area contributed by atoms with Crippen LogP contribution >= 0.6 is 0 Å². The van der Waals surface area contributed by atoms with Crippen LogP contribution in [0.4, 0.5) is 0 Å². The van der Waals surface area contributed by atoms with E-state index in [2.05, 4.69) is 18.7 Å². The van der Waals surface area contributed by atoms with E-state index in [4.69, 9.17) is 0 Å². The Morgan fingerprint density at radius 3 is 2.40 bits per heavy atom. The molecular formula is C18H27NO. The smallest absolute Gasteiger partial charge is 0.164 e. The van der Waals surface area contributed by atoms with E-state index in [1.54, 1.807) is 0 Å². The van der Waals surface area contributed by atoms with Gasteiger partial charge in [-0.1, -0.05) is 43.7 Å². The molecule has 2 rings (SSSR count). The Labute approximate surface area is 123 Å². The molecule has 1 saturated heterocycles. The van der Waals surface area contributed by atoms with Gasteiger partial charge in [0.1, 0.15) is 0 Å². The van der Waals surface area contributed by atoms with Gasteiger partial charge in [0.15, 0.2) is 5.78 Å². The Hall–Kier alpha value is -1.15. The summed E-state index contributed by atoms with van der Waals surface area (Å²) in [5.74, 6) is 0.274. The van der Waals surface area contributed by atoms with Crippen molar-refractivity contribution in [3.05, 3.63) is 35.4 Å². The monoisotopic (exact) mass is 273 g/mol. The Balaban J connectivity index is 1.84. The minimum atomic E-state index is 0.274. The Kier molecular flexibility index (Phi) is 4.98. The summed E-state index contributed by atoms with van der Waals surface area (Å²) < 4.78 is 0. The third kappa shape index (κ3) is 3.49. The quantitative estimate of drug-likeness (QED) is 0.728. The van der Waals surface area contributed by atoms with E-state index in [9.17, 15) is 4.79 Å². The molecule has 0 unspecified atom stereocenters. The van der Waals surface area contributed by atoms with E-state index < -0.39 is 0 Å². The number of carbonyl (C=O) groups is 1. The van der Waals surface area contributed by atoms with Crippen molar-refractivity contribution < 1.29 is 4.79 Å². The van der Waals surface area contributed by atoms with Crippen molar-refractivity contribution in [2.24, 2.45) is 5.41 Å². The first kappa shape index (κ1) is 15.2. The molecule has 0 saturated carbocycles. The molecule has 0 spiro atoms. The number of hydrogen-bond acceptors (Lipinski definition) is 2. The first-order chi connectivity index (χ1) is 9.58. The number of carbonyl (C=O) groups excluding carboxylic acids is 1. The van der Waals surface area contributed by atoms with Gasteiger partial charge < -0.3 is 4.90 Å². The maximum atomic E-state index is 12.2. The minimum absolute atomic E-state index is 0.274. The minimum Gasteiger partial charge on any atom is -0.302 e. The number of Topliss-reactive ketones (excluding diaryl/α,β-unsaturated/α-hetero) is 1. The van der Waals surface area contributed by atoms with Crippen LogP contribution in [0, 0.1) is 12.3 Å². The van der Waals surface area contributed by atoms with Crippen molar-refractivity contribution in [3.63, 3.8) is 0 Å². The molecule has 0 radical (unpaired) electrons. The lowest BCUT2D eigenvalue weighted by molar-refractivity contribution is 0.0965. The molecule has 1 aromatic carbocycles. The van der Waals surface area contributed by atoms with E-state index in [0.717, 1.165) is 18.7 Å². The molecule has 20 heavy (non-hydrogen) atoms. The molecule has 110 valence electrons. The lowest BCUT2D eigenvalue weighted by atomic mass is 9.82. The lowest BCUT2D eigenvalue weighted by Crippen LogP contribution is -2.28. The molecular weight excluding hydrogens is 246 g/mol. The summed E-state index contributed by atoms with van der Waals surface area (Å²) in [5, 5.41) is 0. The van der Waals surface area contributed by atoms with Crippen molar-refractivity contribution in [2.75, 3.05) is 19.6 Å². The summed E-state index contributed by atoms with van der Waals surface area (Å²) in [6.45, 7) is 9.88. The highest BCUT2D eigenvalue weighted by molar-refractivity contribution is 5.96. The SMILES string of the molecule is CCC1(CC)CCN(CCC(=O)c2ccc(C)cc2)C1. The van der Waals surface area contributed by atoms with Crippen LogP contribution in [0.2, 0.25) is 0 Å². The number of benzene rings is 1. The van der Waals surface area contributed by atoms with Crippen LogP contribution in [-0.2, 0) is 0 Å². The van der Waals surface area contributed by atoms with Crippen LogP contribution in [0.25, 0.3) is 0 Å². The number of ketones is 1. The van der Waals surface area contributed by atoms with Crippen LogP contribution in [0.3, 0.4) is 0 Å². The van der Waals surface area contributed by atoms with Gasteiger partial charge in [-0.15, -0.1) is 0 Å². The van der Waals surface area contributed by atoms with Crippen molar-refractivity contribution in [2.45, 2.75) is 46.5 Å². The topological polar surface area (TPSA) is 20.3 Å². The van der Waals surface area contributed by atoms with Crippen molar-refractivity contribution in [1.82, 2.24) is 4.90 Å². The second-order valence-corrected chi connectivity index (χ2v) is 6.27. The van der Waals surface area contributed by atoms with Gasteiger partial charge in [-0.2, -0.15) is 0 Å². The van der Waals surface area contributed by atoms with E-state index in [1.807, 2.05) is 31.2 Å². The summed E-state index contributed by atoms with van der Waals surface area (Å²) in [6.07, 6.45) is 4.45. The fraction of sp³-hybridized carbons (Fsp3) is 0.611. The van der Waals surface area contributed by atoms with Gasteiger partial charge in [-0.3, -0.25) is 4.79 Å². The molecule has 0 aliphatic carbocycles. The predicted octanol–water partition coefficient (Wildman–Crippen LogP) is 4.08. The molecule has 0 amide bonds. The summed E-state index contributed by atoms with van der Waals surface area (Å²) in [5.41, 5.74) is 2.57. The van der Waals surface area contributed by atoms with Crippen LogP contribution in [0.5, 0.6) is 0 Å². The summed E-state index contributed by atoms with van der Waals surface area (Å²) in [4.78, 5) is 14.7. The first-order valence-electron chi connectivity index (χ1n) is 7.91. The highest BCUT2D eigenvalue weighted by atomic mass is 16.1. The molecule has 1 aliphatic heterocycles. The summed E-state index contributed by atoms with van der Waals surface area (Å²) >= 11 is 0. The average Bonchev–Trinajstić information content (AvgIpc) is 2.90. The summed E-state index contributed by atoms with van der Waals surface area (Å²) in [6, 6.07) is 7.93. The Bertz CT molecular complexity index is 445. The van der Waals surface area contributed by atoms with Gasteiger partial charge in [-0.25, -0.2) is 0 Å². The van der Waals surface area contributed by atoms with E-state index in [-0.39, 0.29) is 5.78 Å². The van der Waals surface area contributed by atoms with Gasteiger partial charge in [0.25, 0.3) is 0 Å². The van der Waals surface area contributed by atoms with Crippen LogP contribution in [0.1, 0.15) is 55.5 Å². The van der Waals surface area contributed by atoms with Gasteiger partial charge in [0.2, 0.25) is 0 Å². The molecule has 0 atom stereocenters. The molecule has 1 fully saturated rings. The summed E-state index contributed by atoms with van der Waals surface area (Å²) in [7, 11) is 0. The van der Waals surface area contributed by atoms with E-state index in [1.165, 1.54) is 31.4 Å². The van der Waals surface area contributed by atoms with Crippen LogP contribution < -0.4 is 0 Å². The molecule has 0 N–H and O–H groups in total. The Morgan fingerprint density at radius 2 is 1.85 bits per heavy atom. The lowest BCUT2D eigenvalue weighted by Gasteiger charge is -2.26. The van der Waals surface area contributed by atoms with E-state index in [0.29, 0.717) is 11.8 Å². The van der Waals surface area contributed by atoms with Gasteiger partial charge in [0.05, 0.1) is 0 Å². The number of rotatable bonds is 6. The fourth-order valence-corrected chi connectivity index (χ4v) is 3.19. The first-order valence-corrected chi connectivity index (χ1v) is 7.91. The average molecular weight is 273 g/mol. The predicted molar refractivity (Wildman–Crippen MR) is 84.2 cm³/mol. The number of nitrogens with zero attached hydrogens (tertiary/aromatic N) is 1. The molecule has 1 aliphatic rings. The highest BCUT2D eigenvalue weighted by Gasteiger charge is 2.34. The second-order valence-electron chi connectivity index (χ2n) is 6.27. The number of hydrogen-bond donors (Lipinski definition) is 0. The van der Waals surface area contributed by atoms with Gasteiger partial charge in [-0.05, 0) is 38.1 Å².